The molecule has 684 valence electrons. The SMILES string of the molecule is COC(=O)c1cc(-c2ccc(C)cc2)cc(-n2nnnc2C(F)(F)F)c1.COC(=O)c1cc(N)cc(-c2ccc(C)cc2)c1.COC(=O)c1cc(N=C(Cl)C(F)(F)F)cc(-c2ccc(C)cc2)c1.COCC(C)N.COCC(C)c1cc(-c2ccc(C)cc2)cc(-n2nnnc2C(F)(F)F)c1.Cc1ccc(-c2cc(C(=O)O)cc(-n3nnnc3C(F)(F)F)c2)cc1.[Li+].[N-]=[N+]=[N-].[Na+].[OH-]. The van der Waals surface area contributed by atoms with E-state index in [-0.39, 0.29) is 111 Å². The number of benzene rings is 10. The van der Waals surface area contributed by atoms with Crippen LogP contribution in [0.2, 0.25) is 0 Å². The second-order valence-electron chi connectivity index (χ2n) is 28.1. The Morgan fingerprint density at radius 2 is 0.712 bits per heavy atom. The molecule has 29 nitrogen and oxygen atoms in total. The van der Waals surface area contributed by atoms with Crippen molar-refractivity contribution in [2.24, 2.45) is 10.7 Å². The van der Waals surface area contributed by atoms with Gasteiger partial charge in [-0.15, -0.1) is 15.3 Å². The van der Waals surface area contributed by atoms with Gasteiger partial charge in [0.05, 0.1) is 79.5 Å². The Kier molecular flexibility index (Phi) is 43.0. The normalized spacial score (nSPS) is 11.4. The molecule has 132 heavy (non-hydrogen) atoms. The molecular weight excluding hydrogens is 1780 g/mol. The number of alkyl halides is 12. The number of halogens is 13. The molecule has 0 saturated carbocycles. The topological polar surface area (TPSA) is 419 Å². The summed E-state index contributed by atoms with van der Waals surface area (Å²) in [6, 6.07) is 60.6. The number of rotatable bonds is 18. The van der Waals surface area contributed by atoms with E-state index in [2.05, 4.69) is 61.0 Å². The minimum Gasteiger partial charge on any atom is -0.870 e. The maximum atomic E-state index is 13.2. The third-order valence-electron chi connectivity index (χ3n) is 17.9. The summed E-state index contributed by atoms with van der Waals surface area (Å²) in [7, 11) is 6.97. The quantitative estimate of drug-likeness (QED) is 0.00826. The van der Waals surface area contributed by atoms with Crippen LogP contribution in [0.15, 0.2) is 217 Å². The Hall–Kier alpha value is -13.0. The summed E-state index contributed by atoms with van der Waals surface area (Å²) < 4.78 is 181. The number of carboxylic acids is 1. The average molecular weight is 1860 g/mol. The van der Waals surface area contributed by atoms with E-state index in [9.17, 15) is 77.0 Å². The summed E-state index contributed by atoms with van der Waals surface area (Å²) in [5.74, 6) is -6.78. The number of carbonyl (C=O) groups is 4. The molecule has 0 radical (unpaired) electrons. The Morgan fingerprint density at radius 3 is 1.00 bits per heavy atom. The standard InChI is InChI=1S/C19H19F3N4O.C17H13ClF3NO2.C17H13F3N4O2.C16H11F3N4O2.C15H15NO2.C4H11NO.Li.N3.Na.H2O/c1-12-4-6-14(7-5-12)16-8-15(13(2)11-27-3)9-17(10-16)26-18(19(20,21)22)23-24-25-26;1-10-3-5-11(6-4-10)12-7-13(15(23)24-2)9-14(8-12)22-16(18)17(19,20)21;1-10-3-5-11(6-4-10)12-7-13(15(25)26-2)9-14(8-12)24-16(17(18,19)20)21-22-23-24;1-9-2-4-10(5-3-9)11-6-12(14(24)25)8-13(7-11)23-15(16(17,18)19)20-21-22-23;1-10-3-5-11(6-4-10)12-7-13(15(17)18-2)9-14(16)8-12;1-4(5)3-6-2;;1-3-2;;/h4-10,13H,11H2,1-3H3;3-9H,1-2H3;3-9H,1-2H3;2-8H,1H3,(H,24,25);3-9H,16H2,1-2H3;4H,3,5H2,1-2H3;;;;1H2/q;;;;;;+1;-1;+1;/p-1. The number of carboxylic acid groups (broad SMARTS) is 1. The third kappa shape index (κ3) is 32.8. The van der Waals surface area contributed by atoms with Crippen LogP contribution in [0.5, 0.6) is 0 Å². The van der Waals surface area contributed by atoms with E-state index in [0.717, 1.165) is 71.9 Å². The zero-order valence-electron chi connectivity index (χ0n) is 73.1. The van der Waals surface area contributed by atoms with Gasteiger partial charge >= 0.3 is 97.0 Å². The van der Waals surface area contributed by atoms with Crippen molar-refractivity contribution < 1.29 is 155 Å². The predicted molar refractivity (Wildman–Crippen MR) is 458 cm³/mol. The van der Waals surface area contributed by atoms with Gasteiger partial charge in [0, 0.05) is 31.9 Å². The molecule has 2 atom stereocenters. The first-order valence-electron chi connectivity index (χ1n) is 37.8. The number of hydrogen-bond donors (Lipinski definition) is 3. The van der Waals surface area contributed by atoms with Gasteiger partial charge in [0.25, 0.3) is 17.5 Å². The summed E-state index contributed by atoms with van der Waals surface area (Å²) >= 11 is 5.19. The predicted octanol–water partition coefficient (Wildman–Crippen LogP) is 14.2. The summed E-state index contributed by atoms with van der Waals surface area (Å²) in [6.07, 6.45) is -18.9. The second-order valence-corrected chi connectivity index (χ2v) is 28.4. The first kappa shape index (κ1) is 111. The number of esters is 3. The summed E-state index contributed by atoms with van der Waals surface area (Å²) in [4.78, 5) is 51.5. The van der Waals surface area contributed by atoms with Crippen molar-refractivity contribution in [3.63, 3.8) is 0 Å². The van der Waals surface area contributed by atoms with Crippen molar-refractivity contribution in [1.82, 2.24) is 60.6 Å². The smallest absolute Gasteiger partial charge is 0.870 e. The molecular formula is C88H83ClF12LiN18NaO11. The Bertz CT molecular complexity index is 6050. The summed E-state index contributed by atoms with van der Waals surface area (Å²) in [6.45, 7) is 14.7. The van der Waals surface area contributed by atoms with Crippen LogP contribution >= 0.6 is 11.6 Å². The molecule has 0 aliphatic heterocycles. The van der Waals surface area contributed by atoms with Gasteiger partial charge in [0.1, 0.15) is 0 Å². The monoisotopic (exact) mass is 1860 g/mol. The minimum absolute atomic E-state index is 0. The number of anilines is 1. The number of aromatic carboxylic acids is 1. The molecule has 10 aromatic carbocycles. The van der Waals surface area contributed by atoms with Gasteiger partial charge in [-0.1, -0.05) is 174 Å². The molecule has 0 fully saturated rings. The second kappa shape index (κ2) is 51.0. The maximum absolute atomic E-state index is 13.2. The van der Waals surface area contributed by atoms with Crippen molar-refractivity contribution in [3.05, 3.63) is 301 Å². The zero-order valence-corrected chi connectivity index (χ0v) is 75.8. The van der Waals surface area contributed by atoms with Gasteiger partial charge in [0.15, 0.2) is 0 Å². The van der Waals surface area contributed by atoms with Crippen LogP contribution in [0.3, 0.4) is 0 Å². The molecule has 0 amide bonds. The number of tetrazole rings is 3. The fourth-order valence-electron chi connectivity index (χ4n) is 11.6. The van der Waals surface area contributed by atoms with Gasteiger partial charge < -0.3 is 56.8 Å². The van der Waals surface area contributed by atoms with Crippen LogP contribution in [-0.4, -0.2) is 161 Å². The van der Waals surface area contributed by atoms with Crippen LogP contribution in [0.1, 0.15) is 112 Å². The largest absolute Gasteiger partial charge is 1.00 e. The number of methoxy groups -OCH3 is 5. The van der Waals surface area contributed by atoms with E-state index in [1.807, 2.05) is 146 Å². The van der Waals surface area contributed by atoms with E-state index in [4.69, 9.17) is 48.3 Å². The van der Waals surface area contributed by atoms with E-state index >= 15 is 0 Å². The number of carbonyl (C=O) groups excluding carboxylic acids is 3. The first-order valence-corrected chi connectivity index (χ1v) is 38.2. The average Bonchev–Trinajstić information content (AvgIpc) is 1.60. The Morgan fingerprint density at radius 1 is 0.432 bits per heavy atom. The number of aromatic nitrogens is 12. The molecule has 44 heteroatoms. The summed E-state index contributed by atoms with van der Waals surface area (Å²) in [5, 5.41) is 36.6. The van der Waals surface area contributed by atoms with Gasteiger partial charge in [-0.3, -0.25) is 4.91 Å². The number of hydrogen-bond acceptors (Lipinski definition) is 22. The van der Waals surface area contributed by atoms with Crippen molar-refractivity contribution in [2.75, 3.05) is 54.5 Å². The molecule has 0 aliphatic rings. The zero-order chi connectivity index (χ0) is 95.4. The molecule has 13 aromatic rings. The number of nitrogens with zero attached hydrogens (tertiary/aromatic N) is 16. The molecule has 3 aromatic heterocycles. The first-order chi connectivity index (χ1) is 60.8. The summed E-state index contributed by atoms with van der Waals surface area (Å²) in [5.41, 5.74) is 39.1. The number of ether oxygens (including phenoxy) is 5. The van der Waals surface area contributed by atoms with Crippen LogP contribution in [0, 0.1) is 34.6 Å². The van der Waals surface area contributed by atoms with E-state index < -0.39 is 65.3 Å². The fraction of sp³-hybridized carbons (Fsp3) is 0.227. The van der Waals surface area contributed by atoms with E-state index in [1.54, 1.807) is 74.9 Å². The molecule has 6 N–H and O–H groups in total. The van der Waals surface area contributed by atoms with E-state index in [1.165, 1.54) is 80.3 Å². The van der Waals surface area contributed by atoms with Crippen LogP contribution in [0.25, 0.3) is 88.7 Å². The third-order valence-corrected chi connectivity index (χ3v) is 18.2. The van der Waals surface area contributed by atoms with Crippen molar-refractivity contribution in [3.8, 4) is 72.7 Å². The maximum Gasteiger partial charge on any atom is 1.00 e. The molecule has 13 rings (SSSR count). The number of aryl methyl sites for hydroxylation is 5. The molecule has 3 heterocycles. The van der Waals surface area contributed by atoms with Gasteiger partial charge in [-0.25, -0.2) is 24.2 Å². The van der Waals surface area contributed by atoms with Gasteiger partial charge in [0.2, 0.25) is 5.17 Å². The molecule has 0 bridgehead atoms. The number of aliphatic imine (C=N–C) groups is 1. The molecule has 0 saturated heterocycles. The molecule has 0 spiro atoms. The molecule has 0 aliphatic carbocycles. The van der Waals surface area contributed by atoms with Gasteiger partial charge in [-0.2, -0.15) is 66.7 Å². The van der Waals surface area contributed by atoms with Crippen LogP contribution < -0.4 is 59.9 Å². The Balaban J connectivity index is 0.000000336. The van der Waals surface area contributed by atoms with Crippen LogP contribution in [0.4, 0.5) is 64.1 Å². The van der Waals surface area contributed by atoms with Crippen LogP contribution in [-0.2, 0) is 42.2 Å². The van der Waals surface area contributed by atoms with Crippen molar-refractivity contribution in [2.45, 2.75) is 85.1 Å². The molecule has 2 unspecified atom stereocenters. The number of nitrogens with two attached hydrogens (primary N) is 2. The minimum atomic E-state index is -4.77. The van der Waals surface area contributed by atoms with E-state index in [0.29, 0.717) is 56.1 Å². The van der Waals surface area contributed by atoms with Crippen molar-refractivity contribution in [1.29, 1.82) is 0 Å². The number of nitrogen functional groups attached to an aromatic ring is 1. The van der Waals surface area contributed by atoms with Crippen molar-refractivity contribution >= 4 is 52.0 Å². The van der Waals surface area contributed by atoms with Gasteiger partial charge in [-0.05, 0) is 219 Å². The Labute approximate surface area is 786 Å². The fourth-order valence-corrected chi connectivity index (χ4v) is 11.7.